The second-order valence-corrected chi connectivity index (χ2v) is 12.0. The Morgan fingerprint density at radius 1 is 0.974 bits per heavy atom. The average molecular weight is 532 g/mol. The summed E-state index contributed by atoms with van der Waals surface area (Å²) in [6.07, 6.45) is 8.08. The minimum absolute atomic E-state index is 0.160. The van der Waals surface area contributed by atoms with Crippen molar-refractivity contribution < 1.29 is 28.7 Å². The number of imide groups is 1. The van der Waals surface area contributed by atoms with Gasteiger partial charge in [0.05, 0.1) is 24.0 Å². The molecule has 8 heteroatoms. The molecule has 4 bridgehead atoms. The van der Waals surface area contributed by atoms with E-state index >= 15 is 0 Å². The molecule has 0 spiro atoms. The smallest absolute Gasteiger partial charge is 0.317 e. The predicted molar refractivity (Wildman–Crippen MR) is 143 cm³/mol. The van der Waals surface area contributed by atoms with E-state index in [1.165, 1.54) is 26.4 Å². The molecule has 1 aliphatic heterocycles. The first-order valence-electron chi connectivity index (χ1n) is 13.1. The number of Topliss-reactive ketones (excluding diaryl/α,β-unsaturated/α-hetero) is 1. The number of amides is 2. The molecule has 1 saturated heterocycles. The van der Waals surface area contributed by atoms with E-state index in [0.29, 0.717) is 40.4 Å². The van der Waals surface area contributed by atoms with Crippen molar-refractivity contribution in [1.82, 2.24) is 4.90 Å². The molecular weight excluding hydrogens is 502 g/mol. The summed E-state index contributed by atoms with van der Waals surface area (Å²) < 4.78 is 11.5. The van der Waals surface area contributed by atoms with Gasteiger partial charge in [-0.05, 0) is 91.8 Å². The molecule has 2 amide bonds. The standard InChI is InChI=1S/C30H29NO6S/c1-36-25-12-18(13-26-27(33)31(29(35)38-26)17-23(32)22-5-3-2-4-6-22)7-8-24(25)37-28(34)30-14-19-9-20(15-30)11-21(10-19)16-30/h2-8,12-13,19-21H,9-11,14-17H2,1H3/b26-13-. The Morgan fingerprint density at radius 3 is 2.26 bits per heavy atom. The van der Waals surface area contributed by atoms with Crippen LogP contribution in [0.4, 0.5) is 4.79 Å². The van der Waals surface area contributed by atoms with E-state index in [-0.39, 0.29) is 28.6 Å². The quantitative estimate of drug-likeness (QED) is 0.195. The van der Waals surface area contributed by atoms with Gasteiger partial charge in [-0.3, -0.25) is 24.1 Å². The fourth-order valence-electron chi connectivity index (χ4n) is 7.07. The zero-order valence-electron chi connectivity index (χ0n) is 21.2. The van der Waals surface area contributed by atoms with Gasteiger partial charge in [-0.2, -0.15) is 0 Å². The number of carbonyl (C=O) groups excluding carboxylic acids is 4. The highest BCUT2D eigenvalue weighted by Gasteiger charge is 2.55. The van der Waals surface area contributed by atoms with E-state index in [0.717, 1.165) is 35.9 Å². The molecule has 4 aliphatic carbocycles. The topological polar surface area (TPSA) is 90.0 Å². The number of esters is 1. The van der Waals surface area contributed by atoms with Gasteiger partial charge in [-0.1, -0.05) is 36.4 Å². The molecule has 0 unspecified atom stereocenters. The van der Waals surface area contributed by atoms with Crippen molar-refractivity contribution in [3.8, 4) is 11.5 Å². The lowest BCUT2D eigenvalue weighted by Crippen LogP contribution is -2.51. The molecule has 0 N–H and O–H groups in total. The zero-order valence-corrected chi connectivity index (χ0v) is 22.0. The van der Waals surface area contributed by atoms with Crippen molar-refractivity contribution in [3.63, 3.8) is 0 Å². The molecule has 0 aromatic heterocycles. The number of carbonyl (C=O) groups is 4. The molecule has 7 rings (SSSR count). The number of methoxy groups -OCH3 is 1. The van der Waals surface area contributed by atoms with Crippen LogP contribution in [0.25, 0.3) is 6.08 Å². The zero-order chi connectivity index (χ0) is 26.4. The van der Waals surface area contributed by atoms with Crippen LogP contribution in [-0.4, -0.2) is 41.5 Å². The van der Waals surface area contributed by atoms with E-state index in [1.807, 2.05) is 0 Å². The molecule has 2 aromatic rings. The van der Waals surface area contributed by atoms with Crippen LogP contribution in [0.3, 0.4) is 0 Å². The SMILES string of the molecule is COc1cc(/C=C2\SC(=O)N(CC(=O)c3ccccc3)C2=O)ccc1OC(=O)C12CC3CC(CC(C3)C1)C2. The van der Waals surface area contributed by atoms with Gasteiger partial charge in [0.25, 0.3) is 11.1 Å². The minimum Gasteiger partial charge on any atom is -0.493 e. The lowest BCUT2D eigenvalue weighted by atomic mass is 9.49. The van der Waals surface area contributed by atoms with Gasteiger partial charge in [0.2, 0.25) is 0 Å². The first-order chi connectivity index (χ1) is 18.3. The Balaban J connectivity index is 1.16. The van der Waals surface area contributed by atoms with Crippen LogP contribution >= 0.6 is 11.8 Å². The first-order valence-corrected chi connectivity index (χ1v) is 13.9. The molecule has 2 aromatic carbocycles. The number of hydrogen-bond acceptors (Lipinski definition) is 7. The summed E-state index contributed by atoms with van der Waals surface area (Å²) in [6, 6.07) is 13.7. The Hall–Kier alpha value is -3.39. The molecule has 196 valence electrons. The van der Waals surface area contributed by atoms with Gasteiger partial charge in [0.15, 0.2) is 17.3 Å². The van der Waals surface area contributed by atoms with E-state index < -0.39 is 11.1 Å². The Bertz CT molecular complexity index is 1310. The van der Waals surface area contributed by atoms with Gasteiger partial charge < -0.3 is 9.47 Å². The lowest BCUT2D eigenvalue weighted by molar-refractivity contribution is -0.161. The van der Waals surface area contributed by atoms with E-state index in [2.05, 4.69) is 0 Å². The third kappa shape index (κ3) is 4.55. The molecule has 7 nitrogen and oxygen atoms in total. The molecular formula is C30H29NO6S. The molecule has 5 fully saturated rings. The average Bonchev–Trinajstić information content (AvgIpc) is 3.16. The van der Waals surface area contributed by atoms with Gasteiger partial charge in [-0.15, -0.1) is 0 Å². The number of nitrogens with zero attached hydrogens (tertiary/aromatic N) is 1. The van der Waals surface area contributed by atoms with Gasteiger partial charge >= 0.3 is 5.97 Å². The normalized spacial score (nSPS) is 28.7. The molecule has 4 saturated carbocycles. The van der Waals surface area contributed by atoms with Crippen LogP contribution in [0.15, 0.2) is 53.4 Å². The fourth-order valence-corrected chi connectivity index (χ4v) is 7.91. The maximum atomic E-state index is 13.4. The van der Waals surface area contributed by atoms with Gasteiger partial charge in [0, 0.05) is 5.56 Å². The van der Waals surface area contributed by atoms with Crippen molar-refractivity contribution in [3.05, 3.63) is 64.6 Å². The lowest BCUT2D eigenvalue weighted by Gasteiger charge is -2.55. The summed E-state index contributed by atoms with van der Waals surface area (Å²) in [5.41, 5.74) is 0.684. The summed E-state index contributed by atoms with van der Waals surface area (Å²) in [6.45, 7) is -0.311. The van der Waals surface area contributed by atoms with Crippen molar-refractivity contribution in [2.24, 2.45) is 23.2 Å². The number of ketones is 1. The molecule has 0 atom stereocenters. The van der Waals surface area contributed by atoms with Crippen molar-refractivity contribution in [2.45, 2.75) is 38.5 Å². The van der Waals surface area contributed by atoms with E-state index in [9.17, 15) is 19.2 Å². The Labute approximate surface area is 225 Å². The number of benzene rings is 2. The second kappa shape index (κ2) is 9.73. The summed E-state index contributed by atoms with van der Waals surface area (Å²) in [5, 5.41) is -0.487. The number of thioether (sulfide) groups is 1. The Kier molecular flexibility index (Phi) is 6.38. The van der Waals surface area contributed by atoms with Crippen molar-refractivity contribution >= 4 is 40.7 Å². The maximum absolute atomic E-state index is 13.4. The molecule has 38 heavy (non-hydrogen) atoms. The third-order valence-corrected chi connectivity index (χ3v) is 9.34. The summed E-state index contributed by atoms with van der Waals surface area (Å²) in [7, 11) is 1.50. The predicted octanol–water partition coefficient (Wildman–Crippen LogP) is 5.74. The monoisotopic (exact) mass is 531 g/mol. The highest BCUT2D eigenvalue weighted by atomic mass is 32.2. The highest BCUT2D eigenvalue weighted by molar-refractivity contribution is 8.18. The largest absolute Gasteiger partial charge is 0.493 e. The van der Waals surface area contributed by atoms with Crippen LogP contribution < -0.4 is 9.47 Å². The Morgan fingerprint density at radius 2 is 1.63 bits per heavy atom. The maximum Gasteiger partial charge on any atom is 0.317 e. The third-order valence-electron chi connectivity index (χ3n) is 8.43. The van der Waals surface area contributed by atoms with Crippen LogP contribution in [0.1, 0.15) is 54.4 Å². The molecule has 5 aliphatic rings. The fraction of sp³-hybridized carbons (Fsp3) is 0.400. The van der Waals surface area contributed by atoms with Crippen LogP contribution in [-0.2, 0) is 9.59 Å². The van der Waals surface area contributed by atoms with Crippen LogP contribution in [0.5, 0.6) is 11.5 Å². The summed E-state index contributed by atoms with van der Waals surface area (Å²) >= 11 is 0.794. The highest BCUT2D eigenvalue weighted by Crippen LogP contribution is 2.60. The van der Waals surface area contributed by atoms with Crippen molar-refractivity contribution in [1.29, 1.82) is 0 Å². The molecule has 1 heterocycles. The summed E-state index contributed by atoms with van der Waals surface area (Å²) in [5.74, 6) is 1.67. The van der Waals surface area contributed by atoms with Crippen LogP contribution in [0, 0.1) is 23.2 Å². The number of rotatable bonds is 7. The van der Waals surface area contributed by atoms with Gasteiger partial charge in [0.1, 0.15) is 0 Å². The van der Waals surface area contributed by atoms with Crippen molar-refractivity contribution in [2.75, 3.05) is 13.7 Å². The minimum atomic E-state index is -0.513. The van der Waals surface area contributed by atoms with Crippen LogP contribution in [0.2, 0.25) is 0 Å². The number of hydrogen-bond donors (Lipinski definition) is 0. The van der Waals surface area contributed by atoms with Gasteiger partial charge in [-0.25, -0.2) is 0 Å². The second-order valence-electron chi connectivity index (χ2n) is 11.1. The molecule has 0 radical (unpaired) electrons. The van der Waals surface area contributed by atoms with E-state index in [1.54, 1.807) is 54.6 Å². The summed E-state index contributed by atoms with van der Waals surface area (Å²) in [4.78, 5) is 52.5. The number of ether oxygens (including phenoxy) is 2. The van der Waals surface area contributed by atoms with E-state index in [4.69, 9.17) is 9.47 Å². The first kappa shape index (κ1) is 24.9.